The Hall–Kier alpha value is -2.61. The van der Waals surface area contributed by atoms with Gasteiger partial charge in [0.2, 0.25) is 11.8 Å². The van der Waals surface area contributed by atoms with Gasteiger partial charge >= 0.3 is 0 Å². The molecular formula is C17H21N3O5. The predicted molar refractivity (Wildman–Crippen MR) is 88.0 cm³/mol. The third kappa shape index (κ3) is 3.17. The van der Waals surface area contributed by atoms with E-state index in [1.807, 2.05) is 0 Å². The van der Waals surface area contributed by atoms with Crippen LogP contribution in [0.1, 0.15) is 17.3 Å². The zero-order valence-electron chi connectivity index (χ0n) is 14.1. The normalized spacial score (nSPS) is 24.4. The van der Waals surface area contributed by atoms with Gasteiger partial charge in [0.05, 0.1) is 19.8 Å². The number of aliphatic hydroxyl groups excluding tert-OH is 1. The monoisotopic (exact) mass is 347 g/mol. The first kappa shape index (κ1) is 17.2. The molecule has 3 amide bonds. The molecule has 0 bridgehead atoms. The molecule has 3 rings (SSSR count). The number of carbonyl (C=O) groups is 3. The summed E-state index contributed by atoms with van der Waals surface area (Å²) in [7, 11) is 1.55. The molecule has 25 heavy (non-hydrogen) atoms. The van der Waals surface area contributed by atoms with Crippen molar-refractivity contribution in [2.24, 2.45) is 0 Å². The van der Waals surface area contributed by atoms with Crippen molar-refractivity contribution in [2.75, 3.05) is 26.7 Å². The summed E-state index contributed by atoms with van der Waals surface area (Å²) in [6.07, 6.45) is -0.962. The molecule has 8 heteroatoms. The number of amides is 3. The lowest BCUT2D eigenvalue weighted by molar-refractivity contribution is -0.155. The second-order valence-corrected chi connectivity index (χ2v) is 6.25. The minimum atomic E-state index is -0.962. The van der Waals surface area contributed by atoms with Gasteiger partial charge in [-0.05, 0) is 31.2 Å². The molecule has 0 spiro atoms. The highest BCUT2D eigenvalue weighted by Gasteiger charge is 2.45. The van der Waals surface area contributed by atoms with E-state index in [1.165, 1.54) is 11.8 Å². The molecule has 8 nitrogen and oxygen atoms in total. The highest BCUT2D eigenvalue weighted by Crippen LogP contribution is 2.20. The van der Waals surface area contributed by atoms with Crippen molar-refractivity contribution in [3.05, 3.63) is 29.8 Å². The minimum absolute atomic E-state index is 0.134. The van der Waals surface area contributed by atoms with Crippen molar-refractivity contribution in [1.82, 2.24) is 15.1 Å². The van der Waals surface area contributed by atoms with E-state index in [1.54, 1.807) is 36.3 Å². The Bertz CT molecular complexity index is 688. The fourth-order valence-corrected chi connectivity index (χ4v) is 3.19. The number of aliphatic hydroxyl groups is 1. The van der Waals surface area contributed by atoms with Gasteiger partial charge < -0.3 is 25.0 Å². The molecule has 2 aliphatic heterocycles. The second-order valence-electron chi connectivity index (χ2n) is 6.25. The number of hydrogen-bond donors (Lipinski definition) is 2. The SMILES string of the molecule is COc1ccc(C(=O)N2CCN3C(=O)[C@H]([C@@H](C)O)NC(=O)[C@H]3C2)cc1. The first-order valence-corrected chi connectivity index (χ1v) is 8.14. The van der Waals surface area contributed by atoms with E-state index >= 15 is 0 Å². The van der Waals surface area contributed by atoms with E-state index in [0.29, 0.717) is 17.9 Å². The van der Waals surface area contributed by atoms with Gasteiger partial charge in [-0.15, -0.1) is 0 Å². The molecule has 0 aromatic heterocycles. The van der Waals surface area contributed by atoms with Crippen LogP contribution in [0, 0.1) is 0 Å². The van der Waals surface area contributed by atoms with Crippen LogP contribution in [0.25, 0.3) is 0 Å². The fourth-order valence-electron chi connectivity index (χ4n) is 3.19. The zero-order valence-corrected chi connectivity index (χ0v) is 14.1. The highest BCUT2D eigenvalue weighted by molar-refractivity contribution is 5.99. The Kier molecular flexibility index (Phi) is 4.63. The Labute approximate surface area is 145 Å². The molecule has 1 aromatic rings. The van der Waals surface area contributed by atoms with Crippen molar-refractivity contribution in [1.29, 1.82) is 0 Å². The van der Waals surface area contributed by atoms with Crippen LogP contribution in [-0.4, -0.2) is 77.6 Å². The number of benzene rings is 1. The van der Waals surface area contributed by atoms with Crippen molar-refractivity contribution in [2.45, 2.75) is 25.1 Å². The van der Waals surface area contributed by atoms with E-state index < -0.39 is 18.2 Å². The molecule has 134 valence electrons. The van der Waals surface area contributed by atoms with E-state index in [0.717, 1.165) is 0 Å². The van der Waals surface area contributed by atoms with Gasteiger partial charge in [0, 0.05) is 18.7 Å². The average Bonchev–Trinajstić information content (AvgIpc) is 2.63. The van der Waals surface area contributed by atoms with E-state index in [-0.39, 0.29) is 30.8 Å². The maximum absolute atomic E-state index is 12.6. The van der Waals surface area contributed by atoms with Crippen LogP contribution < -0.4 is 10.1 Å². The quantitative estimate of drug-likeness (QED) is 0.748. The number of rotatable bonds is 3. The molecule has 0 radical (unpaired) electrons. The Morgan fingerprint density at radius 3 is 2.56 bits per heavy atom. The third-order valence-electron chi connectivity index (χ3n) is 4.64. The summed E-state index contributed by atoms with van der Waals surface area (Å²) in [6.45, 7) is 2.20. The van der Waals surface area contributed by atoms with E-state index in [2.05, 4.69) is 5.32 Å². The second kappa shape index (κ2) is 6.72. The number of hydrogen-bond acceptors (Lipinski definition) is 5. The summed E-state index contributed by atoms with van der Waals surface area (Å²) < 4.78 is 5.08. The summed E-state index contributed by atoms with van der Waals surface area (Å²) >= 11 is 0. The van der Waals surface area contributed by atoms with Gasteiger partial charge in [0.15, 0.2) is 0 Å². The minimum Gasteiger partial charge on any atom is -0.497 e. The smallest absolute Gasteiger partial charge is 0.254 e. The number of methoxy groups -OCH3 is 1. The standard InChI is InChI=1S/C17H21N3O5/c1-10(21)14-17(24)20-8-7-19(9-13(20)15(22)18-14)16(23)11-3-5-12(25-2)6-4-11/h3-6,10,13-14,21H,7-9H2,1-2H3,(H,18,22)/t10-,13-,14+/m1/s1. The number of piperazine rings is 2. The number of nitrogens with one attached hydrogen (secondary N) is 1. The molecule has 2 N–H and O–H groups in total. The van der Waals surface area contributed by atoms with Gasteiger partial charge in [-0.2, -0.15) is 0 Å². The van der Waals surface area contributed by atoms with Gasteiger partial charge in [-0.25, -0.2) is 0 Å². The Morgan fingerprint density at radius 2 is 1.96 bits per heavy atom. The topological polar surface area (TPSA) is 99.2 Å². The maximum atomic E-state index is 12.6. The highest BCUT2D eigenvalue weighted by atomic mass is 16.5. The molecule has 3 atom stereocenters. The number of ether oxygens (including phenoxy) is 1. The van der Waals surface area contributed by atoms with E-state index in [9.17, 15) is 19.5 Å². The zero-order chi connectivity index (χ0) is 18.1. The largest absolute Gasteiger partial charge is 0.497 e. The lowest BCUT2D eigenvalue weighted by Crippen LogP contribution is -2.71. The molecule has 2 saturated heterocycles. The van der Waals surface area contributed by atoms with Crippen LogP contribution >= 0.6 is 0 Å². The van der Waals surface area contributed by atoms with Crippen LogP contribution in [0.5, 0.6) is 5.75 Å². The Balaban J connectivity index is 1.73. The number of carbonyl (C=O) groups excluding carboxylic acids is 3. The first-order valence-electron chi connectivity index (χ1n) is 8.14. The van der Waals surface area contributed by atoms with Gasteiger partial charge in [-0.3, -0.25) is 14.4 Å². The van der Waals surface area contributed by atoms with Gasteiger partial charge in [0.1, 0.15) is 17.8 Å². The van der Waals surface area contributed by atoms with Crippen LogP contribution in [0.15, 0.2) is 24.3 Å². The van der Waals surface area contributed by atoms with Crippen LogP contribution in [-0.2, 0) is 9.59 Å². The molecular weight excluding hydrogens is 326 g/mol. The molecule has 0 saturated carbocycles. The Morgan fingerprint density at radius 1 is 1.28 bits per heavy atom. The lowest BCUT2D eigenvalue weighted by Gasteiger charge is -2.45. The van der Waals surface area contributed by atoms with Crippen molar-refractivity contribution in [3.63, 3.8) is 0 Å². The van der Waals surface area contributed by atoms with E-state index in [4.69, 9.17) is 4.74 Å². The average molecular weight is 347 g/mol. The summed E-state index contributed by atoms with van der Waals surface area (Å²) in [6, 6.07) is 5.10. The third-order valence-corrected chi connectivity index (χ3v) is 4.64. The first-order chi connectivity index (χ1) is 11.9. The van der Waals surface area contributed by atoms with Crippen molar-refractivity contribution < 1.29 is 24.2 Å². The molecule has 0 aliphatic carbocycles. The summed E-state index contributed by atoms with van der Waals surface area (Å²) in [5.74, 6) is -0.197. The van der Waals surface area contributed by atoms with Gasteiger partial charge in [0.25, 0.3) is 5.91 Å². The summed E-state index contributed by atoms with van der Waals surface area (Å²) in [5.41, 5.74) is 0.499. The number of nitrogens with zero attached hydrogens (tertiary/aromatic N) is 2. The van der Waals surface area contributed by atoms with Crippen LogP contribution in [0.2, 0.25) is 0 Å². The molecule has 2 aliphatic rings. The summed E-state index contributed by atoms with van der Waals surface area (Å²) in [4.78, 5) is 40.4. The molecule has 2 heterocycles. The fraction of sp³-hybridized carbons (Fsp3) is 0.471. The number of fused-ring (bicyclic) bond motifs is 1. The van der Waals surface area contributed by atoms with Crippen molar-refractivity contribution >= 4 is 17.7 Å². The molecule has 1 aromatic carbocycles. The predicted octanol–water partition coefficient (Wildman–Crippen LogP) is -0.773. The molecule has 2 fully saturated rings. The van der Waals surface area contributed by atoms with Crippen LogP contribution in [0.4, 0.5) is 0 Å². The van der Waals surface area contributed by atoms with Crippen LogP contribution in [0.3, 0.4) is 0 Å². The maximum Gasteiger partial charge on any atom is 0.254 e. The lowest BCUT2D eigenvalue weighted by atomic mass is 10.0. The molecule has 0 unspecified atom stereocenters. The van der Waals surface area contributed by atoms with Crippen molar-refractivity contribution in [3.8, 4) is 5.75 Å². The summed E-state index contributed by atoms with van der Waals surface area (Å²) in [5, 5.41) is 12.2. The van der Waals surface area contributed by atoms with Gasteiger partial charge in [-0.1, -0.05) is 0 Å².